The topological polar surface area (TPSA) is 32.3 Å². The fraction of sp³-hybridized carbons (Fsp3) is 0.917. The minimum Gasteiger partial charge on any atom is -0.339 e. The van der Waals surface area contributed by atoms with Gasteiger partial charge in [0.05, 0.1) is 0 Å². The van der Waals surface area contributed by atoms with Gasteiger partial charge in [-0.2, -0.15) is 0 Å². The molecule has 1 aliphatic rings. The first-order valence-corrected chi connectivity index (χ1v) is 6.21. The first kappa shape index (κ1) is 12.5. The van der Waals surface area contributed by atoms with E-state index < -0.39 is 0 Å². The van der Waals surface area contributed by atoms with E-state index in [2.05, 4.69) is 24.1 Å². The second-order valence-electron chi connectivity index (χ2n) is 4.47. The van der Waals surface area contributed by atoms with Crippen molar-refractivity contribution in [2.75, 3.05) is 19.6 Å². The molecule has 0 spiro atoms. The van der Waals surface area contributed by atoms with Crippen molar-refractivity contribution in [2.24, 2.45) is 5.92 Å². The van der Waals surface area contributed by atoms with Crippen LogP contribution in [-0.2, 0) is 4.79 Å². The summed E-state index contributed by atoms with van der Waals surface area (Å²) in [5, 5.41) is 3.24. The second-order valence-corrected chi connectivity index (χ2v) is 4.47. The summed E-state index contributed by atoms with van der Waals surface area (Å²) >= 11 is 0. The molecular weight excluding hydrogens is 188 g/mol. The summed E-state index contributed by atoms with van der Waals surface area (Å²) in [7, 11) is 0. The van der Waals surface area contributed by atoms with Gasteiger partial charge in [0.15, 0.2) is 0 Å². The summed E-state index contributed by atoms with van der Waals surface area (Å²) in [5.41, 5.74) is 0. The molecule has 88 valence electrons. The number of nitrogens with zero attached hydrogens (tertiary/aromatic N) is 1. The van der Waals surface area contributed by atoms with Gasteiger partial charge in [0, 0.05) is 25.0 Å². The molecule has 0 radical (unpaired) electrons. The lowest BCUT2D eigenvalue weighted by atomic mass is 10.1. The lowest BCUT2D eigenvalue weighted by Crippen LogP contribution is -2.40. The van der Waals surface area contributed by atoms with Gasteiger partial charge in [-0.15, -0.1) is 0 Å². The molecule has 1 unspecified atom stereocenters. The lowest BCUT2D eigenvalue weighted by molar-refractivity contribution is -0.135. The van der Waals surface area contributed by atoms with Crippen LogP contribution in [0, 0.1) is 5.92 Å². The highest BCUT2D eigenvalue weighted by atomic mass is 16.2. The van der Waals surface area contributed by atoms with Gasteiger partial charge in [0.25, 0.3) is 0 Å². The average Bonchev–Trinajstić information content (AvgIpc) is 3.05. The number of hydrogen-bond acceptors (Lipinski definition) is 2. The minimum absolute atomic E-state index is 0.122. The Labute approximate surface area is 93.2 Å². The van der Waals surface area contributed by atoms with Crippen molar-refractivity contribution in [3.05, 3.63) is 0 Å². The Morgan fingerprint density at radius 2 is 2.13 bits per heavy atom. The molecule has 0 aliphatic heterocycles. The van der Waals surface area contributed by atoms with Gasteiger partial charge in [-0.3, -0.25) is 4.79 Å². The summed E-state index contributed by atoms with van der Waals surface area (Å²) < 4.78 is 0. The van der Waals surface area contributed by atoms with E-state index in [4.69, 9.17) is 0 Å². The van der Waals surface area contributed by atoms with Crippen LogP contribution in [0.15, 0.2) is 0 Å². The molecule has 1 fully saturated rings. The summed E-state index contributed by atoms with van der Waals surface area (Å²) in [6.07, 6.45) is 3.48. The Hall–Kier alpha value is -0.570. The number of nitrogens with one attached hydrogen (secondary N) is 1. The Morgan fingerprint density at radius 1 is 1.47 bits per heavy atom. The monoisotopic (exact) mass is 212 g/mol. The zero-order chi connectivity index (χ0) is 11.3. The first-order valence-electron chi connectivity index (χ1n) is 6.21. The van der Waals surface area contributed by atoms with Crippen LogP contribution in [-0.4, -0.2) is 36.5 Å². The highest BCUT2D eigenvalue weighted by Crippen LogP contribution is 2.28. The third kappa shape index (κ3) is 3.82. The zero-order valence-corrected chi connectivity index (χ0v) is 10.3. The number of amides is 1. The number of hydrogen-bond donors (Lipinski definition) is 1. The standard InChI is InChI=1S/C12H24N2O/c1-4-8-14(11-6-7-11)12(15)10(3)9-13-5-2/h10-11,13H,4-9H2,1-3H3. The van der Waals surface area contributed by atoms with Crippen LogP contribution in [0.5, 0.6) is 0 Å². The zero-order valence-electron chi connectivity index (χ0n) is 10.3. The molecule has 0 heterocycles. The lowest BCUT2D eigenvalue weighted by Gasteiger charge is -2.25. The number of carbonyl (C=O) groups is 1. The molecule has 0 aromatic rings. The van der Waals surface area contributed by atoms with Crippen molar-refractivity contribution in [2.45, 2.75) is 46.1 Å². The van der Waals surface area contributed by atoms with Crippen LogP contribution in [0.25, 0.3) is 0 Å². The Morgan fingerprint density at radius 3 is 2.60 bits per heavy atom. The first-order chi connectivity index (χ1) is 7.20. The summed E-state index contributed by atoms with van der Waals surface area (Å²) in [6, 6.07) is 0.557. The molecule has 0 bridgehead atoms. The maximum Gasteiger partial charge on any atom is 0.226 e. The maximum atomic E-state index is 12.1. The third-order valence-electron chi connectivity index (χ3n) is 2.86. The van der Waals surface area contributed by atoms with E-state index in [9.17, 15) is 4.79 Å². The van der Waals surface area contributed by atoms with E-state index in [0.29, 0.717) is 11.9 Å². The van der Waals surface area contributed by atoms with Gasteiger partial charge < -0.3 is 10.2 Å². The van der Waals surface area contributed by atoms with Gasteiger partial charge in [-0.1, -0.05) is 20.8 Å². The Balaban J connectivity index is 2.39. The fourth-order valence-corrected chi connectivity index (χ4v) is 1.83. The summed E-state index contributed by atoms with van der Waals surface area (Å²) in [6.45, 7) is 8.91. The second kappa shape index (κ2) is 6.11. The van der Waals surface area contributed by atoms with Gasteiger partial charge in [0.1, 0.15) is 0 Å². The van der Waals surface area contributed by atoms with Crippen LogP contribution in [0.1, 0.15) is 40.0 Å². The van der Waals surface area contributed by atoms with E-state index >= 15 is 0 Å². The maximum absolute atomic E-state index is 12.1. The molecule has 3 nitrogen and oxygen atoms in total. The molecule has 0 saturated heterocycles. The Kier molecular flexibility index (Phi) is 5.09. The molecule has 3 heteroatoms. The SMILES string of the molecule is CCCN(C(=O)C(C)CNCC)C1CC1. The van der Waals surface area contributed by atoms with Crippen molar-refractivity contribution in [1.82, 2.24) is 10.2 Å². The van der Waals surface area contributed by atoms with Gasteiger partial charge in [-0.25, -0.2) is 0 Å². The van der Waals surface area contributed by atoms with Crippen molar-refractivity contribution in [3.63, 3.8) is 0 Å². The van der Waals surface area contributed by atoms with Crippen LogP contribution in [0.4, 0.5) is 0 Å². The fourth-order valence-electron chi connectivity index (χ4n) is 1.83. The smallest absolute Gasteiger partial charge is 0.226 e. The molecule has 0 aromatic carbocycles. The van der Waals surface area contributed by atoms with E-state index in [1.165, 1.54) is 12.8 Å². The molecule has 15 heavy (non-hydrogen) atoms. The molecule has 1 atom stereocenters. The van der Waals surface area contributed by atoms with Gasteiger partial charge in [-0.05, 0) is 25.8 Å². The minimum atomic E-state index is 0.122. The highest BCUT2D eigenvalue weighted by molar-refractivity contribution is 5.79. The van der Waals surface area contributed by atoms with Crippen LogP contribution in [0.2, 0.25) is 0 Å². The van der Waals surface area contributed by atoms with Crippen LogP contribution < -0.4 is 5.32 Å². The largest absolute Gasteiger partial charge is 0.339 e. The van der Waals surface area contributed by atoms with Gasteiger partial charge in [0.2, 0.25) is 5.91 Å². The van der Waals surface area contributed by atoms with Crippen LogP contribution in [0.3, 0.4) is 0 Å². The van der Waals surface area contributed by atoms with Crippen molar-refractivity contribution < 1.29 is 4.79 Å². The van der Waals surface area contributed by atoms with E-state index in [0.717, 1.165) is 26.1 Å². The van der Waals surface area contributed by atoms with Crippen molar-refractivity contribution >= 4 is 5.91 Å². The van der Waals surface area contributed by atoms with Crippen molar-refractivity contribution in [3.8, 4) is 0 Å². The normalized spacial score (nSPS) is 17.5. The molecular formula is C12H24N2O. The molecule has 1 saturated carbocycles. The summed E-state index contributed by atoms with van der Waals surface area (Å²) in [4.78, 5) is 14.2. The molecule has 1 amide bonds. The number of carbonyl (C=O) groups excluding carboxylic acids is 1. The predicted octanol–water partition coefficient (Wildman–Crippen LogP) is 1.63. The Bertz CT molecular complexity index is 202. The third-order valence-corrected chi connectivity index (χ3v) is 2.86. The molecule has 1 aliphatic carbocycles. The van der Waals surface area contributed by atoms with Crippen molar-refractivity contribution in [1.29, 1.82) is 0 Å². The summed E-state index contributed by atoms with van der Waals surface area (Å²) in [5.74, 6) is 0.456. The quantitative estimate of drug-likeness (QED) is 0.695. The molecule has 1 rings (SSSR count). The van der Waals surface area contributed by atoms with E-state index in [1.807, 2.05) is 6.92 Å². The van der Waals surface area contributed by atoms with Gasteiger partial charge >= 0.3 is 0 Å². The molecule has 1 N–H and O–H groups in total. The van der Waals surface area contributed by atoms with E-state index in [1.54, 1.807) is 0 Å². The van der Waals surface area contributed by atoms with E-state index in [-0.39, 0.29) is 5.92 Å². The average molecular weight is 212 g/mol. The predicted molar refractivity (Wildman–Crippen MR) is 62.7 cm³/mol. The number of rotatable bonds is 7. The van der Waals surface area contributed by atoms with Crippen LogP contribution >= 0.6 is 0 Å². The molecule has 0 aromatic heterocycles. The highest BCUT2D eigenvalue weighted by Gasteiger charge is 2.33.